The van der Waals surface area contributed by atoms with Gasteiger partial charge in [0.1, 0.15) is 5.54 Å². The second-order valence-corrected chi connectivity index (χ2v) is 12.4. The van der Waals surface area contributed by atoms with Gasteiger partial charge in [0.25, 0.3) is 11.8 Å². The average molecular weight is 562 g/mol. The van der Waals surface area contributed by atoms with Crippen molar-refractivity contribution >= 4 is 50.7 Å². The molecule has 0 aliphatic carbocycles. The van der Waals surface area contributed by atoms with Gasteiger partial charge in [-0.15, -0.1) is 11.3 Å². The summed E-state index contributed by atoms with van der Waals surface area (Å²) in [5.74, 6) is -0.561. The van der Waals surface area contributed by atoms with Crippen LogP contribution in [0.1, 0.15) is 65.1 Å². The molecule has 2 aliphatic heterocycles. The summed E-state index contributed by atoms with van der Waals surface area (Å²) >= 11 is 4.66. The van der Waals surface area contributed by atoms with Crippen LogP contribution in [0.2, 0.25) is 0 Å². The number of benzene rings is 1. The summed E-state index contributed by atoms with van der Waals surface area (Å²) in [6.45, 7) is 9.26. The Morgan fingerprint density at radius 1 is 1.09 bits per heavy atom. The standard InChI is InChI=1S/C26H33BrN4O3S/c1-17-15-18(28-25(34)26(2,3)29-23(32)21-10-11-22(27)35-21)8-9-20(17)24(33)31-14-6-7-19(31)16-30-12-4-5-13-30/h8-11,15,19H,4-7,12-14,16H2,1-3H3,(H,28,34)(H,29,32)/t19-/m0/s1. The summed E-state index contributed by atoms with van der Waals surface area (Å²) in [5, 5.41) is 5.68. The Labute approximate surface area is 219 Å². The van der Waals surface area contributed by atoms with Gasteiger partial charge in [-0.05, 0) is 111 Å². The molecule has 4 rings (SSSR count). The molecular weight excluding hydrogens is 528 g/mol. The molecule has 2 saturated heterocycles. The molecule has 3 amide bonds. The third kappa shape index (κ3) is 6.13. The minimum absolute atomic E-state index is 0.0665. The van der Waals surface area contributed by atoms with E-state index in [1.54, 1.807) is 38.1 Å². The minimum atomic E-state index is -1.12. The average Bonchev–Trinajstić information content (AvgIpc) is 3.56. The van der Waals surface area contributed by atoms with Crippen molar-refractivity contribution in [2.75, 3.05) is 31.5 Å². The number of halogens is 1. The fourth-order valence-corrected chi connectivity index (χ4v) is 6.10. The zero-order valence-corrected chi connectivity index (χ0v) is 22.9. The van der Waals surface area contributed by atoms with Crippen molar-refractivity contribution in [3.63, 3.8) is 0 Å². The number of aryl methyl sites for hydroxylation is 1. The molecule has 0 radical (unpaired) electrons. The maximum absolute atomic E-state index is 13.4. The van der Waals surface area contributed by atoms with Crippen molar-refractivity contribution in [2.24, 2.45) is 0 Å². The number of rotatable bonds is 7. The van der Waals surface area contributed by atoms with E-state index in [1.807, 2.05) is 17.9 Å². The molecule has 1 atom stereocenters. The van der Waals surface area contributed by atoms with Gasteiger partial charge in [-0.2, -0.15) is 0 Å². The Morgan fingerprint density at radius 2 is 1.83 bits per heavy atom. The molecule has 7 nitrogen and oxygen atoms in total. The smallest absolute Gasteiger partial charge is 0.262 e. The number of thiophene rings is 1. The summed E-state index contributed by atoms with van der Waals surface area (Å²) in [7, 11) is 0. The highest BCUT2D eigenvalue weighted by atomic mass is 79.9. The number of nitrogens with one attached hydrogen (secondary N) is 2. The number of carbonyl (C=O) groups excluding carboxylic acids is 3. The van der Waals surface area contributed by atoms with Crippen LogP contribution in [0.15, 0.2) is 34.1 Å². The lowest BCUT2D eigenvalue weighted by atomic mass is 10.0. The van der Waals surface area contributed by atoms with Crippen LogP contribution in [0, 0.1) is 6.92 Å². The van der Waals surface area contributed by atoms with Crippen LogP contribution in [-0.2, 0) is 4.79 Å². The van der Waals surface area contributed by atoms with Gasteiger partial charge < -0.3 is 20.4 Å². The molecule has 35 heavy (non-hydrogen) atoms. The van der Waals surface area contributed by atoms with Gasteiger partial charge in [-0.1, -0.05) is 0 Å². The van der Waals surface area contributed by atoms with Gasteiger partial charge >= 0.3 is 0 Å². The number of hydrogen-bond acceptors (Lipinski definition) is 5. The van der Waals surface area contributed by atoms with E-state index < -0.39 is 5.54 Å². The molecule has 1 aromatic heterocycles. The number of carbonyl (C=O) groups is 3. The third-order valence-electron chi connectivity index (χ3n) is 6.81. The van der Waals surface area contributed by atoms with Gasteiger partial charge in [0, 0.05) is 30.4 Å². The van der Waals surface area contributed by atoms with Crippen LogP contribution < -0.4 is 10.6 Å². The largest absolute Gasteiger partial charge is 0.337 e. The van der Waals surface area contributed by atoms with Gasteiger partial charge in [0.05, 0.1) is 8.66 Å². The fourth-order valence-electron chi connectivity index (χ4n) is 4.82. The molecule has 2 aromatic rings. The minimum Gasteiger partial charge on any atom is -0.337 e. The molecule has 0 bridgehead atoms. The zero-order valence-electron chi connectivity index (χ0n) is 20.5. The second kappa shape index (κ2) is 10.8. The van der Waals surface area contributed by atoms with E-state index in [4.69, 9.17) is 0 Å². The predicted octanol–water partition coefficient (Wildman–Crippen LogP) is 4.67. The third-order valence-corrected chi connectivity index (χ3v) is 8.43. The second-order valence-electron chi connectivity index (χ2n) is 9.97. The Bertz CT molecular complexity index is 1110. The normalized spacial score (nSPS) is 18.6. The monoisotopic (exact) mass is 560 g/mol. The molecule has 2 N–H and O–H groups in total. The Hall–Kier alpha value is -2.23. The summed E-state index contributed by atoms with van der Waals surface area (Å²) in [4.78, 5) is 43.9. The fraction of sp³-hybridized carbons (Fsp3) is 0.500. The van der Waals surface area contributed by atoms with Gasteiger partial charge in [-0.25, -0.2) is 0 Å². The molecular formula is C26H33BrN4O3S. The summed E-state index contributed by atoms with van der Waals surface area (Å²) in [6.07, 6.45) is 4.60. The quantitative estimate of drug-likeness (QED) is 0.515. The van der Waals surface area contributed by atoms with E-state index in [0.717, 1.165) is 48.4 Å². The lowest BCUT2D eigenvalue weighted by Gasteiger charge is -2.29. The van der Waals surface area contributed by atoms with Crippen LogP contribution in [0.3, 0.4) is 0 Å². The lowest BCUT2D eigenvalue weighted by molar-refractivity contribution is -0.120. The van der Waals surface area contributed by atoms with Crippen molar-refractivity contribution in [3.05, 3.63) is 50.1 Å². The number of nitrogens with zero attached hydrogens (tertiary/aromatic N) is 2. The molecule has 9 heteroatoms. The van der Waals surface area contributed by atoms with E-state index in [2.05, 4.69) is 31.5 Å². The van der Waals surface area contributed by atoms with Crippen LogP contribution in [-0.4, -0.2) is 65.3 Å². The molecule has 0 spiro atoms. The first-order valence-corrected chi connectivity index (χ1v) is 13.8. The van der Waals surface area contributed by atoms with Crippen molar-refractivity contribution in [1.29, 1.82) is 0 Å². The van der Waals surface area contributed by atoms with E-state index in [1.165, 1.54) is 24.2 Å². The summed E-state index contributed by atoms with van der Waals surface area (Å²) in [6, 6.07) is 9.17. The van der Waals surface area contributed by atoms with Crippen LogP contribution in [0.4, 0.5) is 5.69 Å². The van der Waals surface area contributed by atoms with Gasteiger partial charge in [0.15, 0.2) is 0 Å². The first-order valence-electron chi connectivity index (χ1n) is 12.2. The Morgan fingerprint density at radius 3 is 2.49 bits per heavy atom. The van der Waals surface area contributed by atoms with E-state index >= 15 is 0 Å². The highest BCUT2D eigenvalue weighted by Gasteiger charge is 2.33. The van der Waals surface area contributed by atoms with Crippen molar-refractivity contribution in [1.82, 2.24) is 15.1 Å². The Balaban J connectivity index is 1.39. The highest BCUT2D eigenvalue weighted by molar-refractivity contribution is 9.11. The molecule has 1 aromatic carbocycles. The zero-order chi connectivity index (χ0) is 25.2. The summed E-state index contributed by atoms with van der Waals surface area (Å²) < 4.78 is 0.853. The SMILES string of the molecule is Cc1cc(NC(=O)C(C)(C)NC(=O)c2ccc(Br)s2)ccc1C(=O)N1CCC[C@H]1CN1CCCC1. The van der Waals surface area contributed by atoms with E-state index in [0.29, 0.717) is 16.1 Å². The first-order chi connectivity index (χ1) is 16.6. The predicted molar refractivity (Wildman–Crippen MR) is 143 cm³/mol. The molecule has 3 heterocycles. The maximum Gasteiger partial charge on any atom is 0.262 e. The number of amides is 3. The maximum atomic E-state index is 13.4. The summed E-state index contributed by atoms with van der Waals surface area (Å²) in [5.41, 5.74) is 0.978. The highest BCUT2D eigenvalue weighted by Crippen LogP contribution is 2.26. The number of likely N-dealkylation sites (tertiary alicyclic amines) is 2. The number of anilines is 1. The van der Waals surface area contributed by atoms with Crippen LogP contribution in [0.5, 0.6) is 0 Å². The Kier molecular flexibility index (Phi) is 7.98. The van der Waals surface area contributed by atoms with E-state index in [-0.39, 0.29) is 23.8 Å². The topological polar surface area (TPSA) is 81.8 Å². The van der Waals surface area contributed by atoms with Gasteiger partial charge in [-0.3, -0.25) is 14.4 Å². The molecule has 2 fully saturated rings. The molecule has 0 unspecified atom stereocenters. The van der Waals surface area contributed by atoms with Crippen molar-refractivity contribution in [2.45, 2.75) is 58.0 Å². The number of hydrogen-bond donors (Lipinski definition) is 2. The molecule has 188 valence electrons. The first kappa shape index (κ1) is 25.9. The van der Waals surface area contributed by atoms with Crippen molar-refractivity contribution < 1.29 is 14.4 Å². The van der Waals surface area contributed by atoms with E-state index in [9.17, 15) is 14.4 Å². The molecule has 0 saturated carbocycles. The lowest BCUT2D eigenvalue weighted by Crippen LogP contribution is -2.52. The van der Waals surface area contributed by atoms with Crippen molar-refractivity contribution in [3.8, 4) is 0 Å². The van der Waals surface area contributed by atoms with Crippen LogP contribution in [0.25, 0.3) is 0 Å². The molecule has 2 aliphatic rings. The van der Waals surface area contributed by atoms with Gasteiger partial charge in [0.2, 0.25) is 5.91 Å². The van der Waals surface area contributed by atoms with Crippen LogP contribution >= 0.6 is 27.3 Å².